The average Bonchev–Trinajstić information content (AvgIpc) is 2.90. The van der Waals surface area contributed by atoms with Gasteiger partial charge in [-0.25, -0.2) is 4.79 Å². The monoisotopic (exact) mass is 380 g/mol. The first kappa shape index (κ1) is 19.7. The van der Waals surface area contributed by atoms with Gasteiger partial charge in [0.1, 0.15) is 18.5 Å². The van der Waals surface area contributed by atoms with Crippen LogP contribution in [0.4, 0.5) is 5.69 Å². The molecular formula is C23H26NO4+. The van der Waals surface area contributed by atoms with Crippen molar-refractivity contribution in [3.63, 3.8) is 0 Å². The number of allylic oxidation sites excluding steroid dienone is 1. The van der Waals surface area contributed by atoms with Gasteiger partial charge in [0.05, 0.1) is 32.3 Å². The summed E-state index contributed by atoms with van der Waals surface area (Å²) < 4.78 is 17.8. The van der Waals surface area contributed by atoms with Crippen LogP contribution in [0.15, 0.2) is 42.5 Å². The molecule has 0 aromatic heterocycles. The van der Waals surface area contributed by atoms with Crippen molar-refractivity contribution in [3.8, 4) is 11.5 Å². The van der Waals surface area contributed by atoms with Crippen molar-refractivity contribution in [2.45, 2.75) is 19.3 Å². The lowest BCUT2D eigenvalue weighted by molar-refractivity contribution is -0.401. The molecule has 5 nitrogen and oxygen atoms in total. The normalized spacial score (nSPS) is 14.9. The second-order valence-electron chi connectivity index (χ2n) is 7.23. The summed E-state index contributed by atoms with van der Waals surface area (Å²) in [7, 11) is 6.72. The summed E-state index contributed by atoms with van der Waals surface area (Å²) in [5.74, 6) is 1.18. The van der Waals surface area contributed by atoms with Gasteiger partial charge in [0.2, 0.25) is 5.69 Å². The summed E-state index contributed by atoms with van der Waals surface area (Å²) in [6.45, 7) is 4.31. The number of carbonyl (C=O) groups excluding carboxylic acids is 1. The first-order valence-corrected chi connectivity index (χ1v) is 9.07. The van der Waals surface area contributed by atoms with Crippen LogP contribution in [0.1, 0.15) is 35.3 Å². The van der Waals surface area contributed by atoms with Gasteiger partial charge in [-0.2, -0.15) is 4.58 Å². The molecule has 0 N–H and O–H groups in total. The predicted molar refractivity (Wildman–Crippen MR) is 110 cm³/mol. The summed E-state index contributed by atoms with van der Waals surface area (Å²) >= 11 is 0. The Morgan fingerprint density at radius 3 is 2.39 bits per heavy atom. The molecule has 0 unspecified atom stereocenters. The van der Waals surface area contributed by atoms with Crippen molar-refractivity contribution < 1.29 is 23.6 Å². The fourth-order valence-electron chi connectivity index (χ4n) is 3.71. The Balaban J connectivity index is 2.00. The zero-order chi connectivity index (χ0) is 20.5. The van der Waals surface area contributed by atoms with E-state index in [2.05, 4.69) is 24.5 Å². The van der Waals surface area contributed by atoms with Gasteiger partial charge in [0.15, 0.2) is 5.71 Å². The number of hydrogen-bond donors (Lipinski definition) is 0. The van der Waals surface area contributed by atoms with Crippen LogP contribution < -0.4 is 9.47 Å². The van der Waals surface area contributed by atoms with Crippen molar-refractivity contribution in [3.05, 3.63) is 59.2 Å². The predicted octanol–water partition coefficient (Wildman–Crippen LogP) is 4.21. The quantitative estimate of drug-likeness (QED) is 0.576. The standard InChI is InChI=1S/C23H26NO4/c1-23(2)18-13-16(22(25)28-6)8-11-19(18)24(3)21(23)12-9-15-7-10-17(26-4)14-20(15)27-5/h7-14H,1-6H3/q+1/b12-9+. The summed E-state index contributed by atoms with van der Waals surface area (Å²) in [4.78, 5) is 11.9. The van der Waals surface area contributed by atoms with E-state index in [-0.39, 0.29) is 11.4 Å². The molecule has 1 aliphatic heterocycles. The van der Waals surface area contributed by atoms with Gasteiger partial charge in [0.25, 0.3) is 0 Å². The molecule has 5 heteroatoms. The fraction of sp³-hybridized carbons (Fsp3) is 0.304. The van der Waals surface area contributed by atoms with Crippen LogP contribution in [0, 0.1) is 0 Å². The van der Waals surface area contributed by atoms with Crippen LogP contribution >= 0.6 is 0 Å². The molecule has 0 bridgehead atoms. The summed E-state index contributed by atoms with van der Waals surface area (Å²) in [6.07, 6.45) is 4.14. The zero-order valence-corrected chi connectivity index (χ0v) is 17.2. The second-order valence-corrected chi connectivity index (χ2v) is 7.23. The third kappa shape index (κ3) is 3.28. The molecule has 0 atom stereocenters. The van der Waals surface area contributed by atoms with E-state index < -0.39 is 0 Å². The highest BCUT2D eigenvalue weighted by atomic mass is 16.5. The van der Waals surface area contributed by atoms with Crippen molar-refractivity contribution in [2.24, 2.45) is 0 Å². The van der Waals surface area contributed by atoms with E-state index in [1.54, 1.807) is 20.3 Å². The highest BCUT2D eigenvalue weighted by molar-refractivity contribution is 6.06. The van der Waals surface area contributed by atoms with Crippen molar-refractivity contribution in [2.75, 3.05) is 28.4 Å². The number of rotatable bonds is 5. The van der Waals surface area contributed by atoms with Crippen LogP contribution in [-0.2, 0) is 10.2 Å². The highest BCUT2D eigenvalue weighted by Crippen LogP contribution is 2.40. The lowest BCUT2D eigenvalue weighted by Crippen LogP contribution is -2.26. The molecular weight excluding hydrogens is 354 g/mol. The molecule has 0 fully saturated rings. The molecule has 3 rings (SSSR count). The second kappa shape index (κ2) is 7.50. The average molecular weight is 380 g/mol. The van der Waals surface area contributed by atoms with Crippen molar-refractivity contribution >= 4 is 23.4 Å². The Morgan fingerprint density at radius 2 is 1.75 bits per heavy atom. The molecule has 2 aromatic carbocycles. The molecule has 146 valence electrons. The Morgan fingerprint density at radius 1 is 1.00 bits per heavy atom. The molecule has 0 amide bonds. The summed E-state index contributed by atoms with van der Waals surface area (Å²) in [6, 6.07) is 11.4. The van der Waals surface area contributed by atoms with Crippen molar-refractivity contribution in [1.29, 1.82) is 0 Å². The zero-order valence-electron chi connectivity index (χ0n) is 17.2. The highest BCUT2D eigenvalue weighted by Gasteiger charge is 2.43. The number of carbonyl (C=O) groups is 1. The molecule has 28 heavy (non-hydrogen) atoms. The van der Waals surface area contributed by atoms with E-state index in [1.807, 2.05) is 43.5 Å². The van der Waals surface area contributed by atoms with Gasteiger partial charge >= 0.3 is 5.97 Å². The van der Waals surface area contributed by atoms with E-state index >= 15 is 0 Å². The first-order chi connectivity index (χ1) is 13.3. The van der Waals surface area contributed by atoms with Gasteiger partial charge in [0, 0.05) is 29.3 Å². The van der Waals surface area contributed by atoms with Crippen molar-refractivity contribution in [1.82, 2.24) is 0 Å². The molecule has 0 radical (unpaired) electrons. The Hall–Kier alpha value is -3.08. The smallest absolute Gasteiger partial charge is 0.337 e. The minimum atomic E-state index is -0.326. The van der Waals surface area contributed by atoms with E-state index in [1.165, 1.54) is 7.11 Å². The largest absolute Gasteiger partial charge is 0.497 e. The van der Waals surface area contributed by atoms with Crippen LogP contribution in [0.25, 0.3) is 6.08 Å². The topological polar surface area (TPSA) is 47.8 Å². The maximum Gasteiger partial charge on any atom is 0.337 e. The third-order valence-corrected chi connectivity index (χ3v) is 5.32. The van der Waals surface area contributed by atoms with Crippen LogP contribution in [-0.4, -0.2) is 44.6 Å². The Labute approximate surface area is 165 Å². The maximum atomic E-state index is 11.9. The van der Waals surface area contributed by atoms with Gasteiger partial charge in [-0.15, -0.1) is 0 Å². The van der Waals surface area contributed by atoms with Crippen LogP contribution in [0.3, 0.4) is 0 Å². The summed E-state index contributed by atoms with van der Waals surface area (Å²) in [5, 5.41) is 0. The van der Waals surface area contributed by atoms with Gasteiger partial charge < -0.3 is 14.2 Å². The number of benzene rings is 2. The number of hydrogen-bond acceptors (Lipinski definition) is 4. The molecule has 0 saturated heterocycles. The Kier molecular flexibility index (Phi) is 5.27. The number of methoxy groups -OCH3 is 3. The maximum absolute atomic E-state index is 11.9. The minimum Gasteiger partial charge on any atom is -0.497 e. The summed E-state index contributed by atoms with van der Waals surface area (Å²) in [5.41, 5.74) is 4.57. The molecule has 1 aliphatic rings. The number of fused-ring (bicyclic) bond motifs is 1. The molecule has 0 aliphatic carbocycles. The van der Waals surface area contributed by atoms with Crippen LogP contribution in [0.5, 0.6) is 11.5 Å². The first-order valence-electron chi connectivity index (χ1n) is 9.07. The van der Waals surface area contributed by atoms with Crippen LogP contribution in [0.2, 0.25) is 0 Å². The molecule has 2 aromatic rings. The molecule has 0 spiro atoms. The van der Waals surface area contributed by atoms with Gasteiger partial charge in [-0.1, -0.05) is 0 Å². The van der Waals surface area contributed by atoms with E-state index in [9.17, 15) is 4.79 Å². The fourth-order valence-corrected chi connectivity index (χ4v) is 3.71. The minimum absolute atomic E-state index is 0.260. The third-order valence-electron chi connectivity index (χ3n) is 5.32. The van der Waals surface area contributed by atoms with E-state index in [4.69, 9.17) is 14.2 Å². The van der Waals surface area contributed by atoms with Gasteiger partial charge in [-0.05, 0) is 44.2 Å². The molecule has 0 saturated carbocycles. The Bertz CT molecular complexity index is 986. The van der Waals surface area contributed by atoms with Gasteiger partial charge in [-0.3, -0.25) is 0 Å². The number of nitrogens with zero attached hydrogens (tertiary/aromatic N) is 1. The lowest BCUT2D eigenvalue weighted by Gasteiger charge is -2.16. The molecule has 1 heterocycles. The lowest BCUT2D eigenvalue weighted by atomic mass is 9.80. The van der Waals surface area contributed by atoms with E-state index in [0.717, 1.165) is 34.0 Å². The SMILES string of the molecule is COC(=O)c1ccc2c(c1)C(C)(C)C(/C=C/c1ccc(OC)cc1OC)=[N+]2C. The number of esters is 1. The van der Waals surface area contributed by atoms with E-state index in [0.29, 0.717) is 5.56 Å². The number of ether oxygens (including phenoxy) is 3.